The molecule has 2 amide bonds. The van der Waals surface area contributed by atoms with E-state index in [9.17, 15) is 9.90 Å². The Morgan fingerprint density at radius 2 is 2.00 bits per heavy atom. The van der Waals surface area contributed by atoms with Gasteiger partial charge in [0.25, 0.3) is 0 Å². The number of anilines is 1. The van der Waals surface area contributed by atoms with Crippen LogP contribution in [0.1, 0.15) is 19.3 Å². The molecular weight excluding hydrogens is 331 g/mol. The molecule has 2 rings (SSSR count). The Hall–Kier alpha value is -0.820. The van der Waals surface area contributed by atoms with Gasteiger partial charge in [0.05, 0.1) is 5.60 Å². The quantitative estimate of drug-likeness (QED) is 0.736. The van der Waals surface area contributed by atoms with Crippen molar-refractivity contribution in [1.29, 1.82) is 0 Å². The molecule has 1 saturated carbocycles. The fourth-order valence-electron chi connectivity index (χ4n) is 1.71. The molecule has 0 aromatic heterocycles. The van der Waals surface area contributed by atoms with Gasteiger partial charge < -0.3 is 15.7 Å². The zero-order valence-corrected chi connectivity index (χ0v) is 11.5. The topological polar surface area (TPSA) is 61.4 Å². The maximum Gasteiger partial charge on any atom is 0.319 e. The Labute approximate surface area is 114 Å². The van der Waals surface area contributed by atoms with Crippen LogP contribution in [0.3, 0.4) is 0 Å². The molecule has 4 nitrogen and oxygen atoms in total. The fourth-order valence-corrected chi connectivity index (χ4v) is 2.07. The number of benzene rings is 1. The second kappa shape index (κ2) is 5.22. The molecule has 0 atom stereocenters. The zero-order chi connectivity index (χ0) is 12.3. The van der Waals surface area contributed by atoms with E-state index in [0.717, 1.165) is 28.5 Å². The van der Waals surface area contributed by atoms with E-state index < -0.39 is 5.60 Å². The third-order valence-corrected chi connectivity index (χ3v) is 3.68. The first-order valence-corrected chi connectivity index (χ1v) is 6.68. The Bertz CT molecular complexity index is 401. The first-order chi connectivity index (χ1) is 8.07. The molecule has 3 N–H and O–H groups in total. The van der Waals surface area contributed by atoms with Gasteiger partial charge in [-0.1, -0.05) is 0 Å². The van der Waals surface area contributed by atoms with Gasteiger partial charge in [-0.2, -0.15) is 0 Å². The van der Waals surface area contributed by atoms with Crippen LogP contribution in [0, 0.1) is 3.57 Å². The van der Waals surface area contributed by atoms with Gasteiger partial charge in [0.1, 0.15) is 0 Å². The van der Waals surface area contributed by atoms with Crippen molar-refractivity contribution in [3.05, 3.63) is 27.8 Å². The van der Waals surface area contributed by atoms with E-state index in [1.807, 2.05) is 24.3 Å². The largest absolute Gasteiger partial charge is 0.388 e. The second-order valence-electron chi connectivity index (χ2n) is 4.39. The predicted octanol–water partition coefficient (Wildman–Crippen LogP) is 2.33. The van der Waals surface area contributed by atoms with Crippen molar-refractivity contribution in [1.82, 2.24) is 5.32 Å². The van der Waals surface area contributed by atoms with Gasteiger partial charge in [0.2, 0.25) is 0 Å². The lowest BCUT2D eigenvalue weighted by atomic mass is 9.80. The summed E-state index contributed by atoms with van der Waals surface area (Å²) >= 11 is 2.21. The minimum atomic E-state index is -0.677. The summed E-state index contributed by atoms with van der Waals surface area (Å²) in [6, 6.07) is 7.27. The zero-order valence-electron chi connectivity index (χ0n) is 9.37. The molecule has 0 bridgehead atoms. The normalized spacial score (nSPS) is 17.1. The maximum absolute atomic E-state index is 11.5. The van der Waals surface area contributed by atoms with E-state index in [2.05, 4.69) is 33.2 Å². The van der Waals surface area contributed by atoms with Crippen molar-refractivity contribution in [2.24, 2.45) is 0 Å². The van der Waals surface area contributed by atoms with Crippen molar-refractivity contribution >= 4 is 34.3 Å². The highest BCUT2D eigenvalue weighted by atomic mass is 127. The van der Waals surface area contributed by atoms with Crippen LogP contribution in [0.5, 0.6) is 0 Å². The summed E-state index contributed by atoms with van der Waals surface area (Å²) in [4.78, 5) is 11.5. The number of carbonyl (C=O) groups is 1. The molecule has 17 heavy (non-hydrogen) atoms. The Balaban J connectivity index is 1.79. The molecule has 92 valence electrons. The summed E-state index contributed by atoms with van der Waals surface area (Å²) in [7, 11) is 0. The third-order valence-electron chi connectivity index (χ3n) is 2.96. The molecule has 5 heteroatoms. The predicted molar refractivity (Wildman–Crippen MR) is 75.0 cm³/mol. The van der Waals surface area contributed by atoms with Crippen LogP contribution < -0.4 is 10.6 Å². The average Bonchev–Trinajstić information content (AvgIpc) is 2.27. The fraction of sp³-hybridized carbons (Fsp3) is 0.417. The van der Waals surface area contributed by atoms with Crippen LogP contribution in [0.25, 0.3) is 0 Å². The number of hydrogen-bond acceptors (Lipinski definition) is 2. The van der Waals surface area contributed by atoms with Gasteiger partial charge in [0, 0.05) is 15.8 Å². The highest BCUT2D eigenvalue weighted by Crippen LogP contribution is 2.30. The van der Waals surface area contributed by atoms with Crippen LogP contribution >= 0.6 is 22.6 Å². The molecule has 1 aliphatic carbocycles. The maximum atomic E-state index is 11.5. The van der Waals surface area contributed by atoms with Gasteiger partial charge in [0.15, 0.2) is 0 Å². The number of amides is 2. The van der Waals surface area contributed by atoms with Crippen molar-refractivity contribution in [3.63, 3.8) is 0 Å². The number of nitrogens with one attached hydrogen (secondary N) is 2. The molecule has 0 radical (unpaired) electrons. The van der Waals surface area contributed by atoms with Crippen LogP contribution in [0.4, 0.5) is 10.5 Å². The molecule has 1 fully saturated rings. The highest BCUT2D eigenvalue weighted by Gasteiger charge is 2.34. The summed E-state index contributed by atoms with van der Waals surface area (Å²) in [5, 5.41) is 15.2. The summed E-state index contributed by atoms with van der Waals surface area (Å²) in [5.74, 6) is 0. The first kappa shape index (κ1) is 12.6. The Morgan fingerprint density at radius 3 is 2.53 bits per heavy atom. The van der Waals surface area contributed by atoms with E-state index in [1.165, 1.54) is 0 Å². The molecule has 0 unspecified atom stereocenters. The summed E-state index contributed by atoms with van der Waals surface area (Å²) in [5.41, 5.74) is 0.0761. The monoisotopic (exact) mass is 346 g/mol. The minimum absolute atomic E-state index is 0.272. The SMILES string of the molecule is O=C(NCC1(O)CCC1)Nc1ccc(I)cc1. The number of rotatable bonds is 3. The summed E-state index contributed by atoms with van der Waals surface area (Å²) in [6.07, 6.45) is 2.59. The van der Waals surface area contributed by atoms with Gasteiger partial charge >= 0.3 is 6.03 Å². The van der Waals surface area contributed by atoms with Gasteiger partial charge in [-0.25, -0.2) is 4.79 Å². The van der Waals surface area contributed by atoms with Crippen LogP contribution in [-0.2, 0) is 0 Å². The summed E-state index contributed by atoms with van der Waals surface area (Å²) in [6.45, 7) is 0.323. The van der Waals surface area contributed by atoms with Crippen LogP contribution in [0.15, 0.2) is 24.3 Å². The molecule has 0 spiro atoms. The van der Waals surface area contributed by atoms with Crippen LogP contribution in [-0.4, -0.2) is 23.3 Å². The lowest BCUT2D eigenvalue weighted by Gasteiger charge is -2.36. The standard InChI is InChI=1S/C12H15IN2O2/c13-9-2-4-10(5-3-9)15-11(16)14-8-12(17)6-1-7-12/h2-5,17H,1,6-8H2,(H2,14,15,16). The van der Waals surface area contributed by atoms with E-state index in [1.54, 1.807) is 0 Å². The Kier molecular flexibility index (Phi) is 3.88. The average molecular weight is 346 g/mol. The number of hydrogen-bond donors (Lipinski definition) is 3. The van der Waals surface area contributed by atoms with E-state index in [4.69, 9.17) is 0 Å². The van der Waals surface area contributed by atoms with Crippen molar-refractivity contribution in [2.45, 2.75) is 24.9 Å². The van der Waals surface area contributed by atoms with E-state index >= 15 is 0 Å². The van der Waals surface area contributed by atoms with Crippen molar-refractivity contribution in [3.8, 4) is 0 Å². The molecule has 1 aliphatic rings. The van der Waals surface area contributed by atoms with E-state index in [0.29, 0.717) is 6.54 Å². The number of halogens is 1. The van der Waals surface area contributed by atoms with E-state index in [-0.39, 0.29) is 6.03 Å². The lowest BCUT2D eigenvalue weighted by molar-refractivity contribution is -0.0287. The number of urea groups is 1. The van der Waals surface area contributed by atoms with Gasteiger partial charge in [-0.05, 0) is 66.1 Å². The summed E-state index contributed by atoms with van der Waals surface area (Å²) < 4.78 is 1.12. The molecule has 0 heterocycles. The molecular formula is C12H15IN2O2. The second-order valence-corrected chi connectivity index (χ2v) is 5.64. The molecule has 1 aromatic carbocycles. The molecule has 1 aromatic rings. The van der Waals surface area contributed by atoms with Crippen LogP contribution in [0.2, 0.25) is 0 Å². The number of carbonyl (C=O) groups excluding carboxylic acids is 1. The Morgan fingerprint density at radius 1 is 1.35 bits per heavy atom. The number of aliphatic hydroxyl groups is 1. The van der Waals surface area contributed by atoms with Gasteiger partial charge in [-0.15, -0.1) is 0 Å². The first-order valence-electron chi connectivity index (χ1n) is 5.60. The molecule has 0 aliphatic heterocycles. The highest BCUT2D eigenvalue weighted by molar-refractivity contribution is 14.1. The molecule has 0 saturated heterocycles. The van der Waals surface area contributed by atoms with Gasteiger partial charge in [-0.3, -0.25) is 0 Å². The van der Waals surface area contributed by atoms with Crippen molar-refractivity contribution in [2.75, 3.05) is 11.9 Å². The van der Waals surface area contributed by atoms with Crippen molar-refractivity contribution < 1.29 is 9.90 Å². The third kappa shape index (κ3) is 3.57. The lowest BCUT2D eigenvalue weighted by Crippen LogP contribution is -2.48. The smallest absolute Gasteiger partial charge is 0.319 e. The minimum Gasteiger partial charge on any atom is -0.388 e.